The zero-order valence-corrected chi connectivity index (χ0v) is 11.8. The number of nitrogens with one attached hydrogen (secondary N) is 1. The standard InChI is InChI=1S/C16H27N/c1-5-8-15(12-17-11-13(2)3)16-10-7-6-9-14(16)4/h6-7,9-10,13,15,17H,5,8,11-12H2,1-4H3. The lowest BCUT2D eigenvalue weighted by Crippen LogP contribution is -2.25. The van der Waals surface area contributed by atoms with Gasteiger partial charge >= 0.3 is 0 Å². The molecule has 1 atom stereocenters. The minimum absolute atomic E-state index is 0.667. The summed E-state index contributed by atoms with van der Waals surface area (Å²) < 4.78 is 0. The SMILES string of the molecule is CCCC(CNCC(C)C)c1ccccc1C. The van der Waals surface area contributed by atoms with Gasteiger partial charge < -0.3 is 5.32 Å². The van der Waals surface area contributed by atoms with E-state index in [1.54, 1.807) is 0 Å². The third-order valence-electron chi connectivity index (χ3n) is 3.21. The molecule has 0 aliphatic carbocycles. The van der Waals surface area contributed by atoms with Gasteiger partial charge in [-0.15, -0.1) is 0 Å². The smallest absolute Gasteiger partial charge is 0.00203 e. The fraction of sp³-hybridized carbons (Fsp3) is 0.625. The zero-order valence-electron chi connectivity index (χ0n) is 11.8. The molecule has 1 N–H and O–H groups in total. The molecular formula is C16H27N. The molecule has 0 amide bonds. The molecule has 96 valence electrons. The van der Waals surface area contributed by atoms with Crippen molar-refractivity contribution in [3.05, 3.63) is 35.4 Å². The molecule has 0 aliphatic rings. The van der Waals surface area contributed by atoms with Crippen LogP contribution in [0.2, 0.25) is 0 Å². The highest BCUT2D eigenvalue weighted by atomic mass is 14.9. The summed E-state index contributed by atoms with van der Waals surface area (Å²) in [6, 6.07) is 8.80. The van der Waals surface area contributed by atoms with Gasteiger partial charge in [0.15, 0.2) is 0 Å². The van der Waals surface area contributed by atoms with Crippen LogP contribution < -0.4 is 5.32 Å². The summed E-state index contributed by atoms with van der Waals surface area (Å²) in [6.07, 6.45) is 2.53. The number of benzene rings is 1. The van der Waals surface area contributed by atoms with Crippen molar-refractivity contribution in [2.75, 3.05) is 13.1 Å². The minimum Gasteiger partial charge on any atom is -0.316 e. The summed E-state index contributed by atoms with van der Waals surface area (Å²) in [6.45, 7) is 11.2. The van der Waals surface area contributed by atoms with E-state index in [9.17, 15) is 0 Å². The number of aryl methyl sites for hydroxylation is 1. The van der Waals surface area contributed by atoms with E-state index < -0.39 is 0 Å². The van der Waals surface area contributed by atoms with Crippen molar-refractivity contribution in [2.24, 2.45) is 5.92 Å². The van der Waals surface area contributed by atoms with Crippen LogP contribution in [0.1, 0.15) is 50.7 Å². The van der Waals surface area contributed by atoms with Gasteiger partial charge in [0, 0.05) is 6.54 Å². The predicted molar refractivity (Wildman–Crippen MR) is 76.5 cm³/mol. The van der Waals surface area contributed by atoms with Crippen molar-refractivity contribution in [3.63, 3.8) is 0 Å². The highest BCUT2D eigenvalue weighted by Gasteiger charge is 2.12. The molecule has 0 bridgehead atoms. The average Bonchev–Trinajstić information content (AvgIpc) is 2.28. The molecular weight excluding hydrogens is 206 g/mol. The molecule has 0 fully saturated rings. The summed E-state index contributed by atoms with van der Waals surface area (Å²) in [5, 5.41) is 3.60. The molecule has 1 aromatic rings. The van der Waals surface area contributed by atoms with Crippen molar-refractivity contribution in [2.45, 2.75) is 46.5 Å². The molecule has 17 heavy (non-hydrogen) atoms. The zero-order chi connectivity index (χ0) is 12.7. The Balaban J connectivity index is 2.62. The molecule has 1 nitrogen and oxygen atoms in total. The van der Waals surface area contributed by atoms with E-state index in [1.165, 1.54) is 24.0 Å². The van der Waals surface area contributed by atoms with E-state index in [-0.39, 0.29) is 0 Å². The van der Waals surface area contributed by atoms with Gasteiger partial charge in [0.1, 0.15) is 0 Å². The minimum atomic E-state index is 0.667. The Morgan fingerprint density at radius 1 is 1.12 bits per heavy atom. The van der Waals surface area contributed by atoms with Crippen LogP contribution in [0.3, 0.4) is 0 Å². The van der Waals surface area contributed by atoms with Crippen LogP contribution in [0.4, 0.5) is 0 Å². The van der Waals surface area contributed by atoms with Crippen LogP contribution in [0.25, 0.3) is 0 Å². The second-order valence-electron chi connectivity index (χ2n) is 5.39. The van der Waals surface area contributed by atoms with Gasteiger partial charge in [-0.1, -0.05) is 51.5 Å². The molecule has 1 unspecified atom stereocenters. The molecule has 1 rings (SSSR count). The first-order valence-corrected chi connectivity index (χ1v) is 6.91. The van der Waals surface area contributed by atoms with E-state index in [1.807, 2.05) is 0 Å². The lowest BCUT2D eigenvalue weighted by molar-refractivity contribution is 0.497. The second kappa shape index (κ2) is 7.50. The van der Waals surface area contributed by atoms with Gasteiger partial charge in [-0.05, 0) is 42.9 Å². The molecule has 0 aromatic heterocycles. The molecule has 0 saturated carbocycles. The Morgan fingerprint density at radius 2 is 1.82 bits per heavy atom. The van der Waals surface area contributed by atoms with Crippen molar-refractivity contribution < 1.29 is 0 Å². The van der Waals surface area contributed by atoms with E-state index >= 15 is 0 Å². The first kappa shape index (κ1) is 14.2. The summed E-state index contributed by atoms with van der Waals surface area (Å²) in [7, 11) is 0. The van der Waals surface area contributed by atoms with Crippen LogP contribution in [0.15, 0.2) is 24.3 Å². The second-order valence-corrected chi connectivity index (χ2v) is 5.39. The van der Waals surface area contributed by atoms with Crippen LogP contribution >= 0.6 is 0 Å². The van der Waals surface area contributed by atoms with Crippen LogP contribution in [-0.2, 0) is 0 Å². The molecule has 0 radical (unpaired) electrons. The molecule has 1 heteroatoms. The predicted octanol–water partition coefficient (Wildman–Crippen LogP) is 4.12. The Bertz CT molecular complexity index is 317. The Labute approximate surface area is 107 Å². The highest BCUT2D eigenvalue weighted by Crippen LogP contribution is 2.23. The number of hydrogen-bond donors (Lipinski definition) is 1. The number of rotatable bonds is 7. The summed E-state index contributed by atoms with van der Waals surface area (Å²) in [5.41, 5.74) is 2.95. The maximum absolute atomic E-state index is 3.60. The van der Waals surface area contributed by atoms with Gasteiger partial charge in [0.05, 0.1) is 0 Å². The third-order valence-corrected chi connectivity index (χ3v) is 3.21. The lowest BCUT2D eigenvalue weighted by Gasteiger charge is -2.20. The van der Waals surface area contributed by atoms with Gasteiger partial charge in [0.25, 0.3) is 0 Å². The highest BCUT2D eigenvalue weighted by molar-refractivity contribution is 5.29. The summed E-state index contributed by atoms with van der Waals surface area (Å²) in [4.78, 5) is 0. The van der Waals surface area contributed by atoms with Gasteiger partial charge in [-0.2, -0.15) is 0 Å². The lowest BCUT2D eigenvalue weighted by atomic mass is 9.91. The maximum Gasteiger partial charge on any atom is 0.00203 e. The van der Waals surface area contributed by atoms with Crippen molar-refractivity contribution in [1.82, 2.24) is 5.32 Å². The van der Waals surface area contributed by atoms with E-state index in [2.05, 4.69) is 57.3 Å². The Morgan fingerprint density at radius 3 is 2.41 bits per heavy atom. The van der Waals surface area contributed by atoms with Gasteiger partial charge in [-0.3, -0.25) is 0 Å². The first-order valence-electron chi connectivity index (χ1n) is 6.91. The quantitative estimate of drug-likeness (QED) is 0.747. The van der Waals surface area contributed by atoms with E-state index in [0.29, 0.717) is 5.92 Å². The number of hydrogen-bond acceptors (Lipinski definition) is 1. The van der Waals surface area contributed by atoms with Crippen LogP contribution in [0, 0.1) is 12.8 Å². The van der Waals surface area contributed by atoms with Gasteiger partial charge in [0.2, 0.25) is 0 Å². The topological polar surface area (TPSA) is 12.0 Å². The maximum atomic E-state index is 3.60. The normalized spacial score (nSPS) is 13.0. The van der Waals surface area contributed by atoms with E-state index in [0.717, 1.165) is 19.0 Å². The van der Waals surface area contributed by atoms with Crippen LogP contribution in [0.5, 0.6) is 0 Å². The first-order chi connectivity index (χ1) is 8.15. The van der Waals surface area contributed by atoms with E-state index in [4.69, 9.17) is 0 Å². The Hall–Kier alpha value is -0.820. The van der Waals surface area contributed by atoms with Crippen molar-refractivity contribution >= 4 is 0 Å². The molecule has 0 heterocycles. The largest absolute Gasteiger partial charge is 0.316 e. The van der Waals surface area contributed by atoms with Gasteiger partial charge in [-0.25, -0.2) is 0 Å². The molecule has 0 spiro atoms. The fourth-order valence-electron chi connectivity index (χ4n) is 2.31. The summed E-state index contributed by atoms with van der Waals surface area (Å²) >= 11 is 0. The van der Waals surface area contributed by atoms with Crippen molar-refractivity contribution in [1.29, 1.82) is 0 Å². The monoisotopic (exact) mass is 233 g/mol. The van der Waals surface area contributed by atoms with Crippen LogP contribution in [-0.4, -0.2) is 13.1 Å². The molecule has 0 aliphatic heterocycles. The van der Waals surface area contributed by atoms with Crippen molar-refractivity contribution in [3.8, 4) is 0 Å². The summed E-state index contributed by atoms with van der Waals surface area (Å²) in [5.74, 6) is 1.40. The molecule has 0 saturated heterocycles. The average molecular weight is 233 g/mol. The fourth-order valence-corrected chi connectivity index (χ4v) is 2.31. The Kier molecular flexibility index (Phi) is 6.28. The molecule has 1 aromatic carbocycles. The third kappa shape index (κ3) is 4.91.